The summed E-state index contributed by atoms with van der Waals surface area (Å²) in [4.78, 5) is 26.0. The quantitative estimate of drug-likeness (QED) is 0.889. The molecule has 0 aliphatic heterocycles. The minimum absolute atomic E-state index is 0.0464. The third kappa shape index (κ3) is 3.72. The van der Waals surface area contributed by atoms with Crippen LogP contribution >= 0.6 is 11.3 Å². The van der Waals surface area contributed by atoms with Gasteiger partial charge in [0.2, 0.25) is 0 Å². The molecule has 2 aromatic rings. The topological polar surface area (TPSA) is 70.8 Å². The number of nitrogens with zero attached hydrogens (tertiary/aromatic N) is 1. The first kappa shape index (κ1) is 15.3. The fraction of sp³-hybridized carbons (Fsp3) is 0.333. The van der Waals surface area contributed by atoms with Gasteiger partial charge in [0.05, 0.1) is 16.2 Å². The van der Waals surface area contributed by atoms with Crippen molar-refractivity contribution in [1.82, 2.24) is 4.90 Å². The average molecular weight is 307 g/mol. The van der Waals surface area contributed by atoms with Gasteiger partial charge in [-0.25, -0.2) is 0 Å². The van der Waals surface area contributed by atoms with E-state index in [0.717, 1.165) is 16.4 Å². The smallest absolute Gasteiger partial charge is 0.305 e. The Balaban J connectivity index is 2.12. The number of amides is 1. The summed E-state index contributed by atoms with van der Waals surface area (Å²) in [7, 11) is 0. The van der Waals surface area contributed by atoms with Crippen molar-refractivity contribution in [3.63, 3.8) is 0 Å². The molecule has 0 saturated heterocycles. The van der Waals surface area contributed by atoms with Gasteiger partial charge in [-0.1, -0.05) is 0 Å². The first-order valence-electron chi connectivity index (χ1n) is 6.69. The van der Waals surface area contributed by atoms with E-state index in [4.69, 9.17) is 9.52 Å². The molecule has 2 heterocycles. The molecule has 0 fully saturated rings. The van der Waals surface area contributed by atoms with E-state index < -0.39 is 5.97 Å². The lowest BCUT2D eigenvalue weighted by Gasteiger charge is -2.18. The normalized spacial score (nSPS) is 10.6. The number of carbonyl (C=O) groups excluding carboxylic acids is 1. The first-order chi connectivity index (χ1) is 10.0. The van der Waals surface area contributed by atoms with Crippen LogP contribution in [0.15, 0.2) is 28.7 Å². The third-order valence-electron chi connectivity index (χ3n) is 3.06. The Hall–Kier alpha value is -2.08. The second-order valence-electron chi connectivity index (χ2n) is 4.60. The van der Waals surface area contributed by atoms with Crippen molar-refractivity contribution in [2.75, 3.05) is 13.1 Å². The molecule has 0 aliphatic rings. The maximum Gasteiger partial charge on any atom is 0.305 e. The third-order valence-corrected chi connectivity index (χ3v) is 4.15. The number of furan rings is 1. The van der Waals surface area contributed by atoms with Crippen molar-refractivity contribution >= 4 is 23.2 Å². The monoisotopic (exact) mass is 307 g/mol. The minimum Gasteiger partial charge on any atom is -0.481 e. The fourth-order valence-corrected chi connectivity index (χ4v) is 2.88. The lowest BCUT2D eigenvalue weighted by atomic mass is 10.3. The number of carboxylic acids is 1. The van der Waals surface area contributed by atoms with E-state index in [9.17, 15) is 9.59 Å². The number of hydrogen-bond donors (Lipinski definition) is 1. The number of carbonyl (C=O) groups is 2. The van der Waals surface area contributed by atoms with E-state index in [1.807, 2.05) is 32.0 Å². The van der Waals surface area contributed by atoms with E-state index in [1.165, 1.54) is 16.2 Å². The molecule has 0 aliphatic carbocycles. The molecule has 112 valence electrons. The molecule has 1 amide bonds. The largest absolute Gasteiger partial charge is 0.481 e. The highest BCUT2D eigenvalue weighted by atomic mass is 32.1. The zero-order valence-corrected chi connectivity index (χ0v) is 12.8. The van der Waals surface area contributed by atoms with Crippen molar-refractivity contribution in [3.8, 4) is 10.6 Å². The summed E-state index contributed by atoms with van der Waals surface area (Å²) in [6.07, 6.45) is -0.0464. The van der Waals surface area contributed by atoms with Gasteiger partial charge in [0.1, 0.15) is 11.5 Å². The number of rotatable bonds is 6. The zero-order valence-electron chi connectivity index (χ0n) is 12.0. The molecule has 6 heteroatoms. The summed E-state index contributed by atoms with van der Waals surface area (Å²) in [5.41, 5.74) is 0. The molecule has 0 aromatic carbocycles. The van der Waals surface area contributed by atoms with Crippen LogP contribution in [0.3, 0.4) is 0 Å². The number of carboxylic acid groups (broad SMARTS) is 1. The number of aliphatic carboxylic acids is 1. The Bertz CT molecular complexity index is 644. The highest BCUT2D eigenvalue weighted by Crippen LogP contribution is 2.30. The second-order valence-corrected chi connectivity index (χ2v) is 5.69. The second kappa shape index (κ2) is 6.58. The summed E-state index contributed by atoms with van der Waals surface area (Å²) in [6.45, 7) is 4.41. The van der Waals surface area contributed by atoms with Gasteiger partial charge in [0.25, 0.3) is 5.91 Å². The maximum atomic E-state index is 12.4. The number of hydrogen-bond acceptors (Lipinski definition) is 4. The van der Waals surface area contributed by atoms with Gasteiger partial charge in [-0.15, -0.1) is 11.3 Å². The van der Waals surface area contributed by atoms with Crippen LogP contribution in [0.1, 0.15) is 28.8 Å². The van der Waals surface area contributed by atoms with Gasteiger partial charge in [-0.2, -0.15) is 0 Å². The van der Waals surface area contributed by atoms with Crippen LogP contribution in [-0.2, 0) is 4.79 Å². The van der Waals surface area contributed by atoms with Crippen molar-refractivity contribution in [1.29, 1.82) is 0 Å². The van der Waals surface area contributed by atoms with Crippen molar-refractivity contribution in [3.05, 3.63) is 34.9 Å². The van der Waals surface area contributed by atoms with Crippen LogP contribution in [0.5, 0.6) is 0 Å². The molecule has 2 aromatic heterocycles. The molecular formula is C15H17NO4S. The number of thiophene rings is 1. The van der Waals surface area contributed by atoms with Gasteiger partial charge >= 0.3 is 5.97 Å². The van der Waals surface area contributed by atoms with Crippen LogP contribution in [0.4, 0.5) is 0 Å². The fourth-order valence-electron chi connectivity index (χ4n) is 1.94. The molecule has 0 bridgehead atoms. The Kier molecular flexibility index (Phi) is 4.80. The van der Waals surface area contributed by atoms with Gasteiger partial charge in [0, 0.05) is 13.1 Å². The van der Waals surface area contributed by atoms with Crippen LogP contribution in [0, 0.1) is 6.92 Å². The molecular weight excluding hydrogens is 290 g/mol. The molecule has 1 N–H and O–H groups in total. The van der Waals surface area contributed by atoms with Gasteiger partial charge in [-0.05, 0) is 38.1 Å². The van der Waals surface area contributed by atoms with Gasteiger partial charge in [-0.3, -0.25) is 9.59 Å². The summed E-state index contributed by atoms with van der Waals surface area (Å²) in [5, 5.41) is 8.72. The Morgan fingerprint density at radius 2 is 2.05 bits per heavy atom. The standard InChI is InChI=1S/C15H17NO4S/c1-3-16(9-8-14(17)18)15(19)13-7-6-12(21-13)11-5-4-10(2)20-11/h4-7H,3,8-9H2,1-2H3,(H,17,18). The van der Waals surface area contributed by atoms with Crippen LogP contribution in [-0.4, -0.2) is 35.0 Å². The average Bonchev–Trinajstić information content (AvgIpc) is 3.07. The van der Waals surface area contributed by atoms with Crippen LogP contribution < -0.4 is 0 Å². The Morgan fingerprint density at radius 1 is 1.29 bits per heavy atom. The predicted molar refractivity (Wildman–Crippen MR) is 80.6 cm³/mol. The van der Waals surface area contributed by atoms with E-state index >= 15 is 0 Å². The lowest BCUT2D eigenvalue weighted by molar-refractivity contribution is -0.137. The highest BCUT2D eigenvalue weighted by molar-refractivity contribution is 7.17. The molecule has 5 nitrogen and oxygen atoms in total. The molecule has 0 unspecified atom stereocenters. The molecule has 0 spiro atoms. The van der Waals surface area contributed by atoms with Gasteiger partial charge in [0.15, 0.2) is 0 Å². The van der Waals surface area contributed by atoms with E-state index in [1.54, 1.807) is 6.07 Å². The van der Waals surface area contributed by atoms with E-state index in [-0.39, 0.29) is 18.9 Å². The number of aryl methyl sites for hydroxylation is 1. The van der Waals surface area contributed by atoms with Crippen molar-refractivity contribution in [2.24, 2.45) is 0 Å². The Labute approximate surface area is 126 Å². The molecule has 21 heavy (non-hydrogen) atoms. The molecule has 2 rings (SSSR count). The molecule has 0 atom stereocenters. The van der Waals surface area contributed by atoms with Crippen LogP contribution in [0.25, 0.3) is 10.6 Å². The van der Waals surface area contributed by atoms with Crippen LogP contribution in [0.2, 0.25) is 0 Å². The lowest BCUT2D eigenvalue weighted by Crippen LogP contribution is -2.32. The predicted octanol–water partition coefficient (Wildman–Crippen LogP) is 3.25. The van der Waals surface area contributed by atoms with E-state index in [2.05, 4.69) is 0 Å². The van der Waals surface area contributed by atoms with Crippen molar-refractivity contribution in [2.45, 2.75) is 20.3 Å². The molecule has 0 saturated carbocycles. The first-order valence-corrected chi connectivity index (χ1v) is 7.50. The highest BCUT2D eigenvalue weighted by Gasteiger charge is 2.18. The summed E-state index contributed by atoms with van der Waals surface area (Å²) < 4.78 is 5.54. The summed E-state index contributed by atoms with van der Waals surface area (Å²) in [6, 6.07) is 7.35. The van der Waals surface area contributed by atoms with Crippen molar-refractivity contribution < 1.29 is 19.1 Å². The Morgan fingerprint density at radius 3 is 2.62 bits per heavy atom. The summed E-state index contributed by atoms with van der Waals surface area (Å²) >= 11 is 1.35. The van der Waals surface area contributed by atoms with E-state index in [0.29, 0.717) is 11.4 Å². The molecule has 0 radical (unpaired) electrons. The summed E-state index contributed by atoms with van der Waals surface area (Å²) in [5.74, 6) is 0.519. The zero-order chi connectivity index (χ0) is 15.4. The SMILES string of the molecule is CCN(CCC(=O)O)C(=O)c1ccc(-c2ccc(C)o2)s1. The van der Waals surface area contributed by atoms with Gasteiger partial charge < -0.3 is 14.4 Å². The maximum absolute atomic E-state index is 12.4. The minimum atomic E-state index is -0.904.